The molecule has 0 saturated carbocycles. The number of hydrogen-bond donors (Lipinski definition) is 2. The minimum Gasteiger partial charge on any atom is -0.365 e. The maximum Gasteiger partial charge on any atom is 0.174 e. The number of allylic oxidation sites excluding steroid dienone is 1. The fourth-order valence-electron chi connectivity index (χ4n) is 0.258. The van der Waals surface area contributed by atoms with Gasteiger partial charge in [0.05, 0.1) is 0 Å². The molecule has 0 aliphatic carbocycles. The van der Waals surface area contributed by atoms with Gasteiger partial charge in [-0.1, -0.05) is 5.57 Å². The van der Waals surface area contributed by atoms with Crippen LogP contribution in [0.25, 0.3) is 0 Å². The first-order chi connectivity index (χ1) is 3.55. The van der Waals surface area contributed by atoms with Crippen molar-refractivity contribution in [1.82, 2.24) is 0 Å². The van der Waals surface area contributed by atoms with Gasteiger partial charge < -0.3 is 10.2 Å². The molecule has 0 spiro atoms. The average Bonchev–Trinajstić information content (AvgIpc) is 1.64. The molecular formula is C6H12O2. The van der Waals surface area contributed by atoms with Gasteiger partial charge in [0.25, 0.3) is 0 Å². The molecule has 0 aliphatic rings. The quantitative estimate of drug-likeness (QED) is 0.390. The Balaban J connectivity index is 4.00. The smallest absolute Gasteiger partial charge is 0.174 e. The standard InChI is InChI=1S/C6H12O2/c1-4(2)5(3)6(7)8/h6-8H,1-3H3. The molecule has 2 N–H and O–H groups in total. The van der Waals surface area contributed by atoms with Crippen LogP contribution in [0.3, 0.4) is 0 Å². The van der Waals surface area contributed by atoms with Gasteiger partial charge in [-0.15, -0.1) is 0 Å². The molecule has 0 aliphatic heterocycles. The molecular weight excluding hydrogens is 104 g/mol. The number of aliphatic hydroxyl groups excluding tert-OH is 1. The van der Waals surface area contributed by atoms with Crippen molar-refractivity contribution < 1.29 is 10.2 Å². The molecule has 2 nitrogen and oxygen atoms in total. The zero-order valence-corrected chi connectivity index (χ0v) is 5.47. The second-order valence-corrected chi connectivity index (χ2v) is 2.06. The third-order valence-corrected chi connectivity index (χ3v) is 1.18. The third-order valence-electron chi connectivity index (χ3n) is 1.18. The minimum absolute atomic E-state index is 0.630. The summed E-state index contributed by atoms with van der Waals surface area (Å²) in [6.45, 7) is 5.38. The Morgan fingerprint density at radius 1 is 1.12 bits per heavy atom. The van der Waals surface area contributed by atoms with E-state index in [-0.39, 0.29) is 0 Å². The predicted octanol–water partition coefficient (Wildman–Crippen LogP) is 0.653. The summed E-state index contributed by atoms with van der Waals surface area (Å²) in [6.07, 6.45) is -1.28. The summed E-state index contributed by atoms with van der Waals surface area (Å²) in [5.41, 5.74) is 1.59. The zero-order chi connectivity index (χ0) is 6.73. The van der Waals surface area contributed by atoms with Crippen LogP contribution in [0.5, 0.6) is 0 Å². The van der Waals surface area contributed by atoms with Crippen LogP contribution in [-0.4, -0.2) is 16.5 Å². The lowest BCUT2D eigenvalue weighted by atomic mass is 10.2. The van der Waals surface area contributed by atoms with Gasteiger partial charge in [0.15, 0.2) is 6.29 Å². The zero-order valence-electron chi connectivity index (χ0n) is 5.47. The second kappa shape index (κ2) is 2.84. The van der Waals surface area contributed by atoms with Gasteiger partial charge in [0, 0.05) is 0 Å². The first kappa shape index (κ1) is 7.66. The highest BCUT2D eigenvalue weighted by Crippen LogP contribution is 2.03. The molecule has 0 bridgehead atoms. The van der Waals surface area contributed by atoms with Gasteiger partial charge in [0.2, 0.25) is 0 Å². The summed E-state index contributed by atoms with van der Waals surface area (Å²) in [5, 5.41) is 17.0. The van der Waals surface area contributed by atoms with Crippen molar-refractivity contribution in [3.05, 3.63) is 11.1 Å². The van der Waals surface area contributed by atoms with Crippen LogP contribution in [-0.2, 0) is 0 Å². The Hall–Kier alpha value is -0.340. The summed E-state index contributed by atoms with van der Waals surface area (Å²) in [5.74, 6) is 0. The predicted molar refractivity (Wildman–Crippen MR) is 32.3 cm³/mol. The lowest BCUT2D eigenvalue weighted by Crippen LogP contribution is -2.06. The van der Waals surface area contributed by atoms with Gasteiger partial charge in [-0.05, 0) is 26.3 Å². The van der Waals surface area contributed by atoms with Crippen LogP contribution in [0.1, 0.15) is 20.8 Å². The van der Waals surface area contributed by atoms with Crippen molar-refractivity contribution in [1.29, 1.82) is 0 Å². The lowest BCUT2D eigenvalue weighted by molar-refractivity contribution is -0.00837. The second-order valence-electron chi connectivity index (χ2n) is 2.06. The van der Waals surface area contributed by atoms with E-state index in [4.69, 9.17) is 10.2 Å². The van der Waals surface area contributed by atoms with Crippen LogP contribution < -0.4 is 0 Å². The summed E-state index contributed by atoms with van der Waals surface area (Å²) >= 11 is 0. The molecule has 0 fully saturated rings. The monoisotopic (exact) mass is 116 g/mol. The van der Waals surface area contributed by atoms with Crippen LogP contribution in [0.4, 0.5) is 0 Å². The normalized spacial score (nSPS) is 9.75. The summed E-state index contributed by atoms with van der Waals surface area (Å²) in [7, 11) is 0. The molecule has 0 aromatic rings. The number of aliphatic hydroxyl groups is 2. The van der Waals surface area contributed by atoms with Crippen molar-refractivity contribution in [3.8, 4) is 0 Å². The van der Waals surface area contributed by atoms with Crippen LogP contribution in [0, 0.1) is 0 Å². The Bertz CT molecular complexity index is 99.1. The first-order valence-corrected chi connectivity index (χ1v) is 2.56. The van der Waals surface area contributed by atoms with Crippen molar-refractivity contribution in [2.75, 3.05) is 0 Å². The summed E-state index contributed by atoms with van der Waals surface area (Å²) in [4.78, 5) is 0. The number of hydrogen-bond acceptors (Lipinski definition) is 2. The molecule has 8 heavy (non-hydrogen) atoms. The fraction of sp³-hybridized carbons (Fsp3) is 0.667. The van der Waals surface area contributed by atoms with E-state index in [9.17, 15) is 0 Å². The first-order valence-electron chi connectivity index (χ1n) is 2.56. The summed E-state index contributed by atoms with van der Waals surface area (Å²) in [6, 6.07) is 0. The van der Waals surface area contributed by atoms with Crippen LogP contribution in [0.15, 0.2) is 11.1 Å². The molecule has 0 rings (SSSR count). The maximum absolute atomic E-state index is 8.49. The van der Waals surface area contributed by atoms with Crippen molar-refractivity contribution in [3.63, 3.8) is 0 Å². The topological polar surface area (TPSA) is 40.5 Å². The van der Waals surface area contributed by atoms with Gasteiger partial charge in [-0.3, -0.25) is 0 Å². The molecule has 0 unspecified atom stereocenters. The van der Waals surface area contributed by atoms with E-state index in [1.165, 1.54) is 0 Å². The number of rotatable bonds is 1. The lowest BCUT2D eigenvalue weighted by Gasteiger charge is -2.03. The van der Waals surface area contributed by atoms with E-state index < -0.39 is 6.29 Å². The highest BCUT2D eigenvalue weighted by atomic mass is 16.5. The van der Waals surface area contributed by atoms with Crippen LogP contribution >= 0.6 is 0 Å². The molecule has 0 radical (unpaired) electrons. The molecule has 0 atom stereocenters. The van der Waals surface area contributed by atoms with E-state index >= 15 is 0 Å². The van der Waals surface area contributed by atoms with Crippen LogP contribution in [0.2, 0.25) is 0 Å². The Kier molecular flexibility index (Phi) is 2.72. The Morgan fingerprint density at radius 2 is 1.50 bits per heavy atom. The van der Waals surface area contributed by atoms with Gasteiger partial charge in [-0.2, -0.15) is 0 Å². The summed E-state index contributed by atoms with van der Waals surface area (Å²) < 4.78 is 0. The third kappa shape index (κ3) is 2.09. The van der Waals surface area contributed by atoms with Crippen molar-refractivity contribution in [2.45, 2.75) is 27.1 Å². The average molecular weight is 116 g/mol. The molecule has 0 aromatic heterocycles. The van der Waals surface area contributed by atoms with Gasteiger partial charge in [-0.25, -0.2) is 0 Å². The van der Waals surface area contributed by atoms with E-state index in [1.54, 1.807) is 6.92 Å². The maximum atomic E-state index is 8.49. The highest BCUT2D eigenvalue weighted by molar-refractivity contribution is 5.08. The largest absolute Gasteiger partial charge is 0.365 e. The SMILES string of the molecule is CC(C)=C(C)C(O)O. The molecule has 0 heterocycles. The minimum atomic E-state index is -1.28. The van der Waals surface area contributed by atoms with E-state index in [0.29, 0.717) is 5.57 Å². The van der Waals surface area contributed by atoms with Gasteiger partial charge in [0.1, 0.15) is 0 Å². The molecule has 0 amide bonds. The van der Waals surface area contributed by atoms with Crippen molar-refractivity contribution in [2.24, 2.45) is 0 Å². The van der Waals surface area contributed by atoms with Crippen molar-refractivity contribution >= 4 is 0 Å². The highest BCUT2D eigenvalue weighted by Gasteiger charge is 1.99. The Labute approximate surface area is 49.5 Å². The van der Waals surface area contributed by atoms with E-state index in [0.717, 1.165) is 5.57 Å². The molecule has 2 heteroatoms. The van der Waals surface area contributed by atoms with Gasteiger partial charge >= 0.3 is 0 Å². The molecule has 0 aromatic carbocycles. The molecule has 48 valence electrons. The Morgan fingerprint density at radius 3 is 1.50 bits per heavy atom. The fourth-order valence-corrected chi connectivity index (χ4v) is 0.258. The van der Waals surface area contributed by atoms with E-state index in [2.05, 4.69) is 0 Å². The molecule has 0 saturated heterocycles. The van der Waals surface area contributed by atoms with E-state index in [1.807, 2.05) is 13.8 Å².